The van der Waals surface area contributed by atoms with Crippen LogP contribution in [0.3, 0.4) is 0 Å². The van der Waals surface area contributed by atoms with Gasteiger partial charge in [0, 0.05) is 11.3 Å². The SMILES string of the molecule is O=C(Cc1ccccc1F)O[C@@H](C(=O)Nc1ccc(F)cc1)c1ccccc1. The Balaban J connectivity index is 1.77. The van der Waals surface area contributed by atoms with Crippen molar-refractivity contribution in [2.75, 3.05) is 5.32 Å². The Hall–Kier alpha value is -3.54. The summed E-state index contributed by atoms with van der Waals surface area (Å²) < 4.78 is 32.2. The van der Waals surface area contributed by atoms with E-state index in [-0.39, 0.29) is 12.0 Å². The Morgan fingerprint density at radius 2 is 1.50 bits per heavy atom. The topological polar surface area (TPSA) is 55.4 Å². The highest BCUT2D eigenvalue weighted by atomic mass is 19.1. The maximum Gasteiger partial charge on any atom is 0.311 e. The first kappa shape index (κ1) is 19.2. The average Bonchev–Trinajstić information content (AvgIpc) is 2.70. The van der Waals surface area contributed by atoms with Crippen molar-refractivity contribution in [3.8, 4) is 0 Å². The molecule has 0 saturated carbocycles. The smallest absolute Gasteiger partial charge is 0.311 e. The lowest BCUT2D eigenvalue weighted by molar-refractivity contribution is -0.154. The quantitative estimate of drug-likeness (QED) is 0.643. The molecule has 0 aliphatic heterocycles. The highest BCUT2D eigenvalue weighted by Gasteiger charge is 2.25. The third-order valence-corrected chi connectivity index (χ3v) is 3.99. The third kappa shape index (κ3) is 5.01. The van der Waals surface area contributed by atoms with E-state index in [1.165, 1.54) is 42.5 Å². The number of nitrogens with one attached hydrogen (secondary N) is 1. The van der Waals surface area contributed by atoms with Gasteiger partial charge in [0.05, 0.1) is 6.42 Å². The van der Waals surface area contributed by atoms with E-state index in [4.69, 9.17) is 4.74 Å². The van der Waals surface area contributed by atoms with Crippen molar-refractivity contribution in [1.82, 2.24) is 0 Å². The molecule has 0 heterocycles. The van der Waals surface area contributed by atoms with E-state index in [9.17, 15) is 18.4 Å². The lowest BCUT2D eigenvalue weighted by Crippen LogP contribution is -2.26. The van der Waals surface area contributed by atoms with Crippen molar-refractivity contribution in [2.24, 2.45) is 0 Å². The minimum absolute atomic E-state index is 0.179. The summed E-state index contributed by atoms with van der Waals surface area (Å²) >= 11 is 0. The normalized spacial score (nSPS) is 11.5. The molecule has 0 spiro atoms. The van der Waals surface area contributed by atoms with Gasteiger partial charge in [-0.3, -0.25) is 9.59 Å². The summed E-state index contributed by atoms with van der Waals surface area (Å²) in [5.41, 5.74) is 1.000. The second-order valence-electron chi connectivity index (χ2n) is 6.04. The van der Waals surface area contributed by atoms with Crippen LogP contribution in [-0.4, -0.2) is 11.9 Å². The van der Waals surface area contributed by atoms with Gasteiger partial charge in [-0.2, -0.15) is 0 Å². The van der Waals surface area contributed by atoms with E-state index >= 15 is 0 Å². The van der Waals surface area contributed by atoms with Crippen LogP contribution in [0.5, 0.6) is 0 Å². The Bertz CT molecular complexity index is 959. The minimum atomic E-state index is -1.23. The molecule has 3 aromatic rings. The van der Waals surface area contributed by atoms with E-state index in [1.807, 2.05) is 0 Å². The van der Waals surface area contributed by atoms with Gasteiger partial charge in [0.1, 0.15) is 11.6 Å². The largest absolute Gasteiger partial charge is 0.447 e. The van der Waals surface area contributed by atoms with Gasteiger partial charge in [0.2, 0.25) is 6.10 Å². The lowest BCUT2D eigenvalue weighted by atomic mass is 10.1. The van der Waals surface area contributed by atoms with E-state index < -0.39 is 29.6 Å². The monoisotopic (exact) mass is 381 g/mol. The number of esters is 1. The first-order valence-corrected chi connectivity index (χ1v) is 8.57. The third-order valence-electron chi connectivity index (χ3n) is 3.99. The molecule has 142 valence electrons. The zero-order chi connectivity index (χ0) is 19.9. The van der Waals surface area contributed by atoms with Crippen LogP contribution in [0, 0.1) is 11.6 Å². The van der Waals surface area contributed by atoms with Crippen LogP contribution in [0.15, 0.2) is 78.9 Å². The first-order valence-electron chi connectivity index (χ1n) is 8.57. The zero-order valence-electron chi connectivity index (χ0n) is 14.8. The first-order chi connectivity index (χ1) is 13.5. The van der Waals surface area contributed by atoms with Gasteiger partial charge in [-0.25, -0.2) is 8.78 Å². The number of hydrogen-bond donors (Lipinski definition) is 1. The van der Waals surface area contributed by atoms with Crippen LogP contribution < -0.4 is 5.32 Å². The van der Waals surface area contributed by atoms with Gasteiger partial charge in [-0.1, -0.05) is 48.5 Å². The van der Waals surface area contributed by atoms with Crippen LogP contribution in [-0.2, 0) is 20.7 Å². The molecule has 0 aliphatic rings. The Kier molecular flexibility index (Phi) is 6.11. The van der Waals surface area contributed by atoms with E-state index in [1.54, 1.807) is 36.4 Å². The summed E-state index contributed by atoms with van der Waals surface area (Å²) in [6, 6.07) is 19.5. The van der Waals surface area contributed by atoms with Crippen LogP contribution in [0.4, 0.5) is 14.5 Å². The molecule has 1 atom stereocenters. The van der Waals surface area contributed by atoms with E-state index in [0.29, 0.717) is 11.3 Å². The molecule has 6 heteroatoms. The molecule has 0 bridgehead atoms. The molecule has 3 aromatic carbocycles. The number of rotatable bonds is 6. The molecule has 0 aromatic heterocycles. The molecule has 1 amide bonds. The zero-order valence-corrected chi connectivity index (χ0v) is 14.8. The molecule has 0 fully saturated rings. The van der Waals surface area contributed by atoms with Gasteiger partial charge in [0.15, 0.2) is 0 Å². The van der Waals surface area contributed by atoms with Gasteiger partial charge < -0.3 is 10.1 Å². The van der Waals surface area contributed by atoms with E-state index in [0.717, 1.165) is 0 Å². The standard InChI is InChI=1S/C22H17F2NO3/c23-17-10-12-18(13-11-17)25-22(27)21(15-6-2-1-3-7-15)28-20(26)14-16-8-4-5-9-19(16)24/h1-13,21H,14H2,(H,25,27)/t21-/m1/s1. The van der Waals surface area contributed by atoms with Crippen molar-refractivity contribution >= 4 is 17.6 Å². The fourth-order valence-electron chi connectivity index (χ4n) is 2.61. The average molecular weight is 381 g/mol. The molecule has 0 unspecified atom stereocenters. The van der Waals surface area contributed by atoms with E-state index in [2.05, 4.69) is 5.32 Å². The van der Waals surface area contributed by atoms with Crippen LogP contribution in [0.1, 0.15) is 17.2 Å². The van der Waals surface area contributed by atoms with Crippen LogP contribution in [0.25, 0.3) is 0 Å². The molecule has 28 heavy (non-hydrogen) atoms. The van der Waals surface area contributed by atoms with Gasteiger partial charge >= 0.3 is 5.97 Å². The number of carbonyl (C=O) groups is 2. The Morgan fingerprint density at radius 3 is 2.18 bits per heavy atom. The molecule has 0 aliphatic carbocycles. The summed E-state index contributed by atoms with van der Waals surface area (Å²) in [7, 11) is 0. The van der Waals surface area contributed by atoms with Gasteiger partial charge in [0.25, 0.3) is 5.91 Å². The molecular weight excluding hydrogens is 364 g/mol. The highest BCUT2D eigenvalue weighted by Crippen LogP contribution is 2.21. The molecule has 0 saturated heterocycles. The fourth-order valence-corrected chi connectivity index (χ4v) is 2.61. The highest BCUT2D eigenvalue weighted by molar-refractivity contribution is 5.96. The second-order valence-corrected chi connectivity index (χ2v) is 6.04. The maximum atomic E-state index is 13.8. The van der Waals surface area contributed by atoms with Crippen molar-refractivity contribution < 1.29 is 23.1 Å². The van der Waals surface area contributed by atoms with Crippen LogP contribution in [0.2, 0.25) is 0 Å². The molecule has 3 rings (SSSR count). The van der Waals surface area contributed by atoms with Crippen LogP contribution >= 0.6 is 0 Å². The summed E-state index contributed by atoms with van der Waals surface area (Å²) in [6.07, 6.45) is -1.54. The number of anilines is 1. The molecule has 0 radical (unpaired) electrons. The summed E-state index contributed by atoms with van der Waals surface area (Å²) in [4.78, 5) is 25.0. The summed E-state index contributed by atoms with van der Waals surface area (Å²) in [6.45, 7) is 0. The van der Waals surface area contributed by atoms with Gasteiger partial charge in [-0.15, -0.1) is 0 Å². The predicted octanol–water partition coefficient (Wildman–Crippen LogP) is 4.43. The minimum Gasteiger partial charge on any atom is -0.447 e. The predicted molar refractivity (Wildman–Crippen MR) is 100 cm³/mol. The molecular formula is C22H17F2NO3. The van der Waals surface area contributed by atoms with Crippen molar-refractivity contribution in [3.63, 3.8) is 0 Å². The van der Waals surface area contributed by atoms with Crippen molar-refractivity contribution in [1.29, 1.82) is 0 Å². The Morgan fingerprint density at radius 1 is 0.857 bits per heavy atom. The number of ether oxygens (including phenoxy) is 1. The number of carbonyl (C=O) groups excluding carboxylic acids is 2. The second kappa shape index (κ2) is 8.90. The van der Waals surface area contributed by atoms with Crippen molar-refractivity contribution in [3.05, 3.63) is 102 Å². The van der Waals surface area contributed by atoms with Crippen molar-refractivity contribution in [2.45, 2.75) is 12.5 Å². The molecule has 1 N–H and O–H groups in total. The maximum absolute atomic E-state index is 13.8. The number of hydrogen-bond acceptors (Lipinski definition) is 3. The number of benzene rings is 3. The lowest BCUT2D eigenvalue weighted by Gasteiger charge is -2.18. The summed E-state index contributed by atoms with van der Waals surface area (Å²) in [5.74, 6) is -2.30. The van der Waals surface area contributed by atoms with Gasteiger partial charge in [-0.05, 0) is 35.9 Å². The molecule has 4 nitrogen and oxygen atoms in total. The fraction of sp³-hybridized carbons (Fsp3) is 0.0909. The summed E-state index contributed by atoms with van der Waals surface area (Å²) in [5, 5.41) is 2.59. The Labute approximate surface area is 160 Å². The number of halogens is 2. The number of amides is 1.